The Labute approximate surface area is 200 Å². The molecule has 0 amide bonds. The lowest BCUT2D eigenvalue weighted by atomic mass is 10.0. The molecule has 0 spiro atoms. The van der Waals surface area contributed by atoms with Crippen LogP contribution in [0.3, 0.4) is 0 Å². The zero-order valence-corrected chi connectivity index (χ0v) is 19.9. The van der Waals surface area contributed by atoms with Crippen molar-refractivity contribution in [1.29, 1.82) is 5.26 Å². The van der Waals surface area contributed by atoms with Crippen LogP contribution in [0.15, 0.2) is 40.6 Å². The Balaban J connectivity index is 1.44. The molecule has 3 aromatic heterocycles. The van der Waals surface area contributed by atoms with Crippen molar-refractivity contribution in [3.63, 3.8) is 0 Å². The van der Waals surface area contributed by atoms with Crippen LogP contribution in [0.5, 0.6) is 0 Å². The van der Waals surface area contributed by atoms with Crippen LogP contribution in [0, 0.1) is 11.3 Å². The summed E-state index contributed by atoms with van der Waals surface area (Å²) >= 11 is 1.53. The Kier molecular flexibility index (Phi) is 4.83. The second-order valence-electron chi connectivity index (χ2n) is 9.39. The van der Waals surface area contributed by atoms with E-state index in [1.54, 1.807) is 10.9 Å². The molecule has 1 fully saturated rings. The number of aromatic nitrogens is 4. The monoisotopic (exact) mass is 471 g/mol. The molecule has 4 heterocycles. The minimum absolute atomic E-state index is 0.0670. The molecule has 0 unspecified atom stereocenters. The first-order valence-electron chi connectivity index (χ1n) is 11.6. The van der Waals surface area contributed by atoms with Crippen molar-refractivity contribution >= 4 is 34.0 Å². The second kappa shape index (κ2) is 7.79. The highest BCUT2D eigenvalue weighted by atomic mass is 32.1. The third-order valence-corrected chi connectivity index (χ3v) is 7.68. The van der Waals surface area contributed by atoms with Gasteiger partial charge in [0, 0.05) is 24.5 Å². The molecule has 0 radical (unpaired) electrons. The second-order valence-corrected chi connectivity index (χ2v) is 10.3. The van der Waals surface area contributed by atoms with Gasteiger partial charge in [-0.1, -0.05) is 6.07 Å². The predicted molar refractivity (Wildman–Crippen MR) is 133 cm³/mol. The van der Waals surface area contributed by atoms with Crippen LogP contribution in [-0.2, 0) is 18.4 Å². The highest BCUT2D eigenvalue weighted by Crippen LogP contribution is 2.49. The van der Waals surface area contributed by atoms with Crippen molar-refractivity contribution in [3.05, 3.63) is 62.9 Å². The van der Waals surface area contributed by atoms with E-state index in [1.807, 2.05) is 36.0 Å². The van der Waals surface area contributed by atoms with Gasteiger partial charge in [0.05, 0.1) is 11.5 Å². The SMILES string of the molecule is CC(C)n1c(=O)c2cnc(Nc3ccc4c(c3)CNCC4)nc2n1-c1cc(C2(C#N)CC2)cs1. The van der Waals surface area contributed by atoms with Crippen LogP contribution in [0.2, 0.25) is 0 Å². The molecule has 0 saturated heterocycles. The quantitative estimate of drug-likeness (QED) is 0.453. The average Bonchev–Trinajstić information content (AvgIpc) is 3.39. The van der Waals surface area contributed by atoms with E-state index in [9.17, 15) is 10.1 Å². The zero-order valence-electron chi connectivity index (χ0n) is 19.1. The molecule has 0 atom stereocenters. The molecule has 0 bridgehead atoms. The summed E-state index contributed by atoms with van der Waals surface area (Å²) in [5.41, 5.74) is 4.65. The smallest absolute Gasteiger partial charge is 0.278 e. The third kappa shape index (κ3) is 3.33. The lowest BCUT2D eigenvalue weighted by Crippen LogP contribution is -2.23. The van der Waals surface area contributed by atoms with E-state index >= 15 is 0 Å². The Morgan fingerprint density at radius 3 is 2.88 bits per heavy atom. The van der Waals surface area contributed by atoms with E-state index in [0.29, 0.717) is 17.0 Å². The number of fused-ring (bicyclic) bond motifs is 2. The number of benzene rings is 1. The summed E-state index contributed by atoms with van der Waals surface area (Å²) in [7, 11) is 0. The number of nitriles is 1. The largest absolute Gasteiger partial charge is 0.324 e. The first-order valence-corrected chi connectivity index (χ1v) is 12.5. The number of hydrogen-bond acceptors (Lipinski definition) is 7. The van der Waals surface area contributed by atoms with Crippen LogP contribution >= 0.6 is 11.3 Å². The summed E-state index contributed by atoms with van der Waals surface area (Å²) in [5.74, 6) is 0.443. The summed E-state index contributed by atoms with van der Waals surface area (Å²) in [4.78, 5) is 22.5. The van der Waals surface area contributed by atoms with E-state index in [1.165, 1.54) is 22.5 Å². The molecule has 34 heavy (non-hydrogen) atoms. The number of thiophene rings is 1. The normalized spacial score (nSPS) is 16.4. The van der Waals surface area contributed by atoms with E-state index < -0.39 is 0 Å². The van der Waals surface area contributed by atoms with Gasteiger partial charge in [0.2, 0.25) is 5.95 Å². The standard InChI is InChI=1S/C25H25N7OS/c1-15(2)31-23(33)20-12-28-24(29-19-4-3-16-5-8-27-11-17(16)9-19)30-22(20)32(31)21-10-18(13-34-21)25(14-26)6-7-25/h3-4,9-10,12-13,15,27H,5-8,11H2,1-2H3,(H,28,29,30). The van der Waals surface area contributed by atoms with Gasteiger partial charge in [0.15, 0.2) is 5.65 Å². The summed E-state index contributed by atoms with van der Waals surface area (Å²) in [6.07, 6.45) is 4.41. The molecule has 8 nitrogen and oxygen atoms in total. The van der Waals surface area contributed by atoms with Gasteiger partial charge in [-0.05, 0) is 79.9 Å². The van der Waals surface area contributed by atoms with Crippen LogP contribution in [-0.4, -0.2) is 25.9 Å². The lowest BCUT2D eigenvalue weighted by molar-refractivity contribution is 0.478. The molecule has 1 aromatic carbocycles. The van der Waals surface area contributed by atoms with Gasteiger partial charge in [0.25, 0.3) is 5.56 Å². The number of hydrogen-bond donors (Lipinski definition) is 2. The number of nitrogens with zero attached hydrogens (tertiary/aromatic N) is 5. The minimum atomic E-state index is -0.371. The van der Waals surface area contributed by atoms with Gasteiger partial charge in [0.1, 0.15) is 10.4 Å². The Morgan fingerprint density at radius 2 is 2.12 bits per heavy atom. The fourth-order valence-electron chi connectivity index (χ4n) is 4.70. The van der Waals surface area contributed by atoms with Crippen LogP contribution < -0.4 is 16.2 Å². The van der Waals surface area contributed by atoms with Crippen molar-refractivity contribution in [1.82, 2.24) is 24.6 Å². The van der Waals surface area contributed by atoms with Crippen molar-refractivity contribution in [2.24, 2.45) is 0 Å². The van der Waals surface area contributed by atoms with Crippen LogP contribution in [0.25, 0.3) is 16.0 Å². The maximum atomic E-state index is 13.3. The van der Waals surface area contributed by atoms with Crippen LogP contribution in [0.4, 0.5) is 11.6 Å². The fraction of sp³-hybridized carbons (Fsp3) is 0.360. The topological polar surface area (TPSA) is 101 Å². The molecule has 6 rings (SSSR count). The molecular formula is C25H25N7OS. The first-order chi connectivity index (χ1) is 16.5. The maximum Gasteiger partial charge on any atom is 0.278 e. The summed E-state index contributed by atoms with van der Waals surface area (Å²) in [6, 6.07) is 10.8. The van der Waals surface area contributed by atoms with Gasteiger partial charge in [-0.25, -0.2) is 14.3 Å². The van der Waals surface area contributed by atoms with Gasteiger partial charge < -0.3 is 10.6 Å². The van der Waals surface area contributed by atoms with E-state index in [4.69, 9.17) is 4.98 Å². The first kappa shape index (κ1) is 21.1. The van der Waals surface area contributed by atoms with E-state index in [2.05, 4.69) is 33.8 Å². The highest BCUT2D eigenvalue weighted by molar-refractivity contribution is 7.12. The molecule has 1 aliphatic carbocycles. The van der Waals surface area contributed by atoms with Crippen molar-refractivity contribution < 1.29 is 0 Å². The summed E-state index contributed by atoms with van der Waals surface area (Å²) < 4.78 is 3.60. The third-order valence-electron chi connectivity index (χ3n) is 6.77. The molecule has 2 aliphatic rings. The summed E-state index contributed by atoms with van der Waals surface area (Å²) in [5, 5.41) is 19.7. The number of rotatable bonds is 5. The minimum Gasteiger partial charge on any atom is -0.324 e. The molecule has 172 valence electrons. The molecule has 2 N–H and O–H groups in total. The Bertz CT molecular complexity index is 1520. The fourth-order valence-corrected chi connectivity index (χ4v) is 5.71. The van der Waals surface area contributed by atoms with Crippen LogP contribution in [0.1, 0.15) is 49.4 Å². The van der Waals surface area contributed by atoms with Gasteiger partial charge in [-0.3, -0.25) is 4.79 Å². The number of anilines is 2. The van der Waals surface area contributed by atoms with Crippen molar-refractivity contribution in [3.8, 4) is 11.1 Å². The zero-order chi connectivity index (χ0) is 23.4. The van der Waals surface area contributed by atoms with Crippen molar-refractivity contribution in [2.75, 3.05) is 11.9 Å². The van der Waals surface area contributed by atoms with E-state index in [0.717, 1.165) is 48.6 Å². The van der Waals surface area contributed by atoms with Gasteiger partial charge in [-0.15, -0.1) is 11.3 Å². The molecule has 1 saturated carbocycles. The van der Waals surface area contributed by atoms with Gasteiger partial charge >= 0.3 is 0 Å². The highest BCUT2D eigenvalue weighted by Gasteiger charge is 2.45. The lowest BCUT2D eigenvalue weighted by Gasteiger charge is -2.18. The Morgan fingerprint density at radius 1 is 1.26 bits per heavy atom. The van der Waals surface area contributed by atoms with E-state index in [-0.39, 0.29) is 17.0 Å². The van der Waals surface area contributed by atoms with Crippen molar-refractivity contribution in [2.45, 2.75) is 51.1 Å². The molecular weight excluding hydrogens is 446 g/mol. The predicted octanol–water partition coefficient (Wildman–Crippen LogP) is 4.17. The summed E-state index contributed by atoms with van der Waals surface area (Å²) in [6.45, 7) is 5.82. The molecule has 9 heteroatoms. The Hall–Kier alpha value is -3.48. The molecule has 4 aromatic rings. The maximum absolute atomic E-state index is 13.3. The van der Waals surface area contributed by atoms with Gasteiger partial charge in [-0.2, -0.15) is 10.2 Å². The number of nitrogens with one attached hydrogen (secondary N) is 2. The average molecular weight is 472 g/mol. The molecule has 1 aliphatic heterocycles.